The van der Waals surface area contributed by atoms with Gasteiger partial charge < -0.3 is 43.6 Å². The molecule has 1 aromatic carbocycles. The molecule has 0 bridgehead atoms. The molecule has 14 rings (SSSR count). The lowest BCUT2D eigenvalue weighted by Crippen LogP contribution is -2.80. The smallest absolute Gasteiger partial charge is 0.339 e. The summed E-state index contributed by atoms with van der Waals surface area (Å²) >= 11 is 0. The van der Waals surface area contributed by atoms with Crippen LogP contribution >= 0.6 is 0 Å². The minimum atomic E-state index is -1.49. The maximum absolute atomic E-state index is 16.3. The van der Waals surface area contributed by atoms with Gasteiger partial charge in [-0.15, -0.1) is 0 Å². The number of nitrogens with one attached hydrogen (secondary N) is 1. The number of ketones is 1. The van der Waals surface area contributed by atoms with Gasteiger partial charge in [0.2, 0.25) is 0 Å². The number of epoxide rings is 1. The van der Waals surface area contributed by atoms with Gasteiger partial charge in [-0.2, -0.15) is 0 Å². The SMILES string of the molecule is CC[C@H]1CC[C@]2(CC[C@@]3(C2)C(=O)OC[C@]24[C@H](C(=O)[C@@H](O)[C@]5([C@H]6CCC[C@@H](Cc7ccccc7)C6)[C@@H]2CC[C@@]2(C)[C@H](c6ccoc6C[C@@H]([C@@H]6CC[C@H]7[C@H](C=CN8CNC[C@H]78)C6)[C@H](O)CO)OC(=O)[C@H]6O[C@@]652)C(C)(C)O[C@@H]34)C1. The highest BCUT2D eigenvalue weighted by atomic mass is 16.7. The molecule has 12 aliphatic rings. The summed E-state index contributed by atoms with van der Waals surface area (Å²) in [7, 11) is 0. The maximum Gasteiger partial charge on any atom is 0.339 e. The molecule has 1 aromatic heterocycles. The monoisotopic (exact) mass is 1040 g/mol. The predicted octanol–water partition coefficient (Wildman–Crippen LogP) is 8.42. The number of carbonyl (C=O) groups is 3. The number of furan rings is 1. The molecular formula is C63H84N2O11. The van der Waals surface area contributed by atoms with Gasteiger partial charge in [0, 0.05) is 40.8 Å². The summed E-state index contributed by atoms with van der Waals surface area (Å²) in [6, 6.07) is 13.0. The van der Waals surface area contributed by atoms with Crippen molar-refractivity contribution in [2.24, 2.45) is 80.3 Å². The first kappa shape index (κ1) is 50.6. The number of esters is 2. The number of aliphatic hydroxyl groups excluding tert-OH is 3. The Morgan fingerprint density at radius 1 is 0.908 bits per heavy atom. The van der Waals surface area contributed by atoms with Crippen molar-refractivity contribution < 1.29 is 53.1 Å². The second-order valence-corrected chi connectivity index (χ2v) is 28.1. The van der Waals surface area contributed by atoms with Gasteiger partial charge in [-0.1, -0.05) is 69.5 Å². The topological polar surface area (TPSA) is 181 Å². The molecule has 6 aliphatic carbocycles. The van der Waals surface area contributed by atoms with Crippen LogP contribution in [0.3, 0.4) is 0 Å². The number of carbonyl (C=O) groups excluding carboxylic acids is 3. The minimum Gasteiger partial charge on any atom is -0.469 e. The first-order valence-electron chi connectivity index (χ1n) is 30.1. The quantitative estimate of drug-likeness (QED) is 0.132. The molecule has 0 unspecified atom stereocenters. The summed E-state index contributed by atoms with van der Waals surface area (Å²) in [5.74, 6) is -0.109. The van der Waals surface area contributed by atoms with E-state index in [4.69, 9.17) is 23.4 Å². The van der Waals surface area contributed by atoms with Crippen LogP contribution in [0.25, 0.3) is 0 Å². The van der Waals surface area contributed by atoms with Crippen LogP contribution in [0, 0.1) is 80.3 Å². The van der Waals surface area contributed by atoms with Crippen LogP contribution in [0.2, 0.25) is 0 Å². The van der Waals surface area contributed by atoms with Crippen LogP contribution in [0.4, 0.5) is 0 Å². The van der Waals surface area contributed by atoms with Crippen LogP contribution in [-0.4, -0.2) is 106 Å². The van der Waals surface area contributed by atoms with Crippen LogP contribution in [0.1, 0.15) is 153 Å². The van der Waals surface area contributed by atoms with Gasteiger partial charge in [0.1, 0.15) is 30.2 Å². The lowest BCUT2D eigenvalue weighted by atomic mass is 9.32. The predicted molar refractivity (Wildman–Crippen MR) is 279 cm³/mol. The molecule has 5 saturated heterocycles. The second-order valence-electron chi connectivity index (χ2n) is 28.1. The van der Waals surface area contributed by atoms with Gasteiger partial charge >= 0.3 is 11.9 Å². The zero-order valence-corrected chi connectivity index (χ0v) is 45.5. The third-order valence-electron chi connectivity index (χ3n) is 24.7. The summed E-state index contributed by atoms with van der Waals surface area (Å²) in [5, 5.41) is 39.9. The van der Waals surface area contributed by atoms with Crippen LogP contribution in [-0.2, 0) is 46.2 Å². The Hall–Kier alpha value is -3.59. The highest BCUT2D eigenvalue weighted by Crippen LogP contribution is 2.84. The fourth-order valence-corrected chi connectivity index (χ4v) is 21.8. The minimum absolute atomic E-state index is 0.0119. The van der Waals surface area contributed by atoms with Crippen LogP contribution in [0.15, 0.2) is 59.4 Å². The molecule has 76 heavy (non-hydrogen) atoms. The highest BCUT2D eigenvalue weighted by Gasteiger charge is 2.94. The lowest BCUT2D eigenvalue weighted by molar-refractivity contribution is -0.286. The number of aliphatic hydroxyl groups is 3. The van der Waals surface area contributed by atoms with Crippen molar-refractivity contribution in [2.75, 3.05) is 26.4 Å². The second kappa shape index (κ2) is 17.7. The molecule has 4 N–H and O–H groups in total. The van der Waals surface area contributed by atoms with Crippen molar-refractivity contribution in [1.29, 1.82) is 0 Å². The largest absolute Gasteiger partial charge is 0.469 e. The number of benzene rings is 1. The van der Waals surface area contributed by atoms with E-state index in [1.165, 1.54) is 5.56 Å². The molecule has 6 saturated carbocycles. The third-order valence-corrected chi connectivity index (χ3v) is 24.7. The molecular weight excluding hydrogens is 961 g/mol. The Labute approximate surface area is 448 Å². The van der Waals surface area contributed by atoms with E-state index in [9.17, 15) is 15.3 Å². The van der Waals surface area contributed by atoms with E-state index in [0.717, 1.165) is 102 Å². The molecule has 11 fully saturated rings. The van der Waals surface area contributed by atoms with Gasteiger partial charge in [-0.25, -0.2) is 4.79 Å². The molecule has 412 valence electrons. The lowest BCUT2D eigenvalue weighted by Gasteiger charge is -2.70. The number of rotatable bonds is 10. The Bertz CT molecular complexity index is 2650. The Morgan fingerprint density at radius 3 is 2.55 bits per heavy atom. The molecule has 7 heterocycles. The Kier molecular flexibility index (Phi) is 11.8. The maximum atomic E-state index is 16.3. The Morgan fingerprint density at radius 2 is 1.75 bits per heavy atom. The molecule has 13 heteroatoms. The number of nitrogens with zero attached hydrogens (tertiary/aromatic N) is 1. The number of Topliss-reactive ketones (excluding diaryl/α,β-unsaturated/α-hetero) is 1. The summed E-state index contributed by atoms with van der Waals surface area (Å²) in [6.45, 7) is 9.98. The fraction of sp³-hybridized carbons (Fsp3) is 0.762. The summed E-state index contributed by atoms with van der Waals surface area (Å²) in [5.41, 5.74) is -4.49. The average molecular weight is 1050 g/mol. The molecule has 21 atom stereocenters. The van der Waals surface area contributed by atoms with Crippen LogP contribution < -0.4 is 5.32 Å². The number of fused-ring (bicyclic) bond motifs is 5. The van der Waals surface area contributed by atoms with E-state index in [-0.39, 0.29) is 54.1 Å². The van der Waals surface area contributed by atoms with Gasteiger partial charge in [0.05, 0.1) is 48.7 Å². The summed E-state index contributed by atoms with van der Waals surface area (Å²) in [4.78, 5) is 49.0. The number of hydrogen-bond donors (Lipinski definition) is 4. The van der Waals surface area contributed by atoms with E-state index in [1.807, 2.05) is 26.0 Å². The van der Waals surface area contributed by atoms with Gasteiger partial charge in [0.25, 0.3) is 0 Å². The molecule has 0 amide bonds. The molecule has 0 radical (unpaired) electrons. The molecule has 2 aromatic rings. The van der Waals surface area contributed by atoms with Crippen molar-refractivity contribution in [3.63, 3.8) is 0 Å². The first-order valence-corrected chi connectivity index (χ1v) is 30.1. The first-order chi connectivity index (χ1) is 36.6. The van der Waals surface area contributed by atoms with Crippen molar-refractivity contribution in [2.45, 2.75) is 191 Å². The van der Waals surface area contributed by atoms with Crippen molar-refractivity contribution >= 4 is 17.7 Å². The molecule has 6 aliphatic heterocycles. The van der Waals surface area contributed by atoms with E-state index in [1.54, 1.807) is 6.26 Å². The van der Waals surface area contributed by atoms with Gasteiger partial charge in [0.15, 0.2) is 11.9 Å². The average Bonchev–Trinajstić information content (AvgIpc) is 3.89. The molecule has 13 nitrogen and oxygen atoms in total. The van der Waals surface area contributed by atoms with E-state index < -0.39 is 81.2 Å². The summed E-state index contributed by atoms with van der Waals surface area (Å²) in [6.07, 6.45) is 16.6. The standard InChI is InChI=1S/C63H84N2O11/c1-5-36-16-21-59(30-36)22-23-60(33-59)55-61(34-73-56(60)71)48-17-20-58(4)52(43-19-25-72-47(43)29-44(46(67)32-66)39-14-15-42-40(28-39)18-24-65-35-64-31-45(42)65)74-54(70)53-63(58,75-53)62(48,51(69)49(68)50(61)57(2,3)76-55)41-13-9-12-38(27-41)26-37-10-7-6-8-11-37/h6-8,10-11,18-19,24-25,36,38-42,44-46,48,50-53,55,64,66-67,69H,5,9,12-17,20-23,26-35H2,1-4H3/t36-,38-,39+,40+,41-,42-,44-,45+,46+,48+,50+,51+,52-,53+,55-,58-,59-,60-,61+,62-,63+/m0/s1. The zero-order chi connectivity index (χ0) is 52.4. The van der Waals surface area contributed by atoms with E-state index in [0.29, 0.717) is 61.7 Å². The van der Waals surface area contributed by atoms with E-state index >= 15 is 14.4 Å². The normalized spacial score (nSPS) is 48.2. The number of allylic oxidation sites excluding steroid dienone is 1. The van der Waals surface area contributed by atoms with Crippen molar-refractivity contribution in [3.8, 4) is 0 Å². The fourth-order valence-electron chi connectivity index (χ4n) is 21.8. The number of cyclic esters (lactones) is 2. The zero-order valence-electron chi connectivity index (χ0n) is 45.5. The Balaban J connectivity index is 0.879. The van der Waals surface area contributed by atoms with Gasteiger partial charge in [-0.3, -0.25) is 14.9 Å². The van der Waals surface area contributed by atoms with Gasteiger partial charge in [-0.05, 0) is 174 Å². The third kappa shape index (κ3) is 6.74. The highest BCUT2D eigenvalue weighted by molar-refractivity contribution is 5.93. The number of hydrogen-bond acceptors (Lipinski definition) is 13. The summed E-state index contributed by atoms with van der Waals surface area (Å²) < 4.78 is 34.9. The van der Waals surface area contributed by atoms with Crippen molar-refractivity contribution in [1.82, 2.24) is 10.2 Å². The van der Waals surface area contributed by atoms with Crippen LogP contribution in [0.5, 0.6) is 0 Å². The van der Waals surface area contributed by atoms with E-state index in [2.05, 4.69) is 60.6 Å². The molecule has 4 spiro atoms. The van der Waals surface area contributed by atoms with Crippen molar-refractivity contribution in [3.05, 3.63) is 71.8 Å². The number of ether oxygens (including phenoxy) is 4.